The average Bonchev–Trinajstić information content (AvgIpc) is 3.11. The summed E-state index contributed by atoms with van der Waals surface area (Å²) < 4.78 is 0. The van der Waals surface area contributed by atoms with Crippen LogP contribution in [0.25, 0.3) is 0 Å². The highest BCUT2D eigenvalue weighted by Gasteiger charge is 2.49. The van der Waals surface area contributed by atoms with Gasteiger partial charge in [0.15, 0.2) is 0 Å². The van der Waals surface area contributed by atoms with Crippen LogP contribution in [0.1, 0.15) is 45.1 Å². The molecule has 1 N–H and O–H groups in total. The first-order valence-electron chi connectivity index (χ1n) is 6.62. The molecule has 0 aromatic heterocycles. The van der Waals surface area contributed by atoms with Crippen molar-refractivity contribution >= 4 is 0 Å². The van der Waals surface area contributed by atoms with Crippen molar-refractivity contribution in [3.63, 3.8) is 0 Å². The fourth-order valence-electron chi connectivity index (χ4n) is 2.85. The number of benzene rings is 1. The van der Waals surface area contributed by atoms with Gasteiger partial charge < -0.3 is 5.32 Å². The minimum Gasteiger partial charge on any atom is -0.313 e. The zero-order chi connectivity index (χ0) is 11.4. The van der Waals surface area contributed by atoms with E-state index in [0.29, 0.717) is 11.5 Å². The third-order valence-electron chi connectivity index (χ3n) is 3.83. The minimum atomic E-state index is 0.452. The summed E-state index contributed by atoms with van der Waals surface area (Å²) in [6.07, 6.45) is 5.28. The van der Waals surface area contributed by atoms with E-state index in [-0.39, 0.29) is 0 Å². The summed E-state index contributed by atoms with van der Waals surface area (Å²) in [4.78, 5) is 0. The summed E-state index contributed by atoms with van der Waals surface area (Å²) in [5.41, 5.74) is 1.99. The summed E-state index contributed by atoms with van der Waals surface area (Å²) in [7, 11) is 0. The molecule has 1 fully saturated rings. The van der Waals surface area contributed by atoms with E-state index in [9.17, 15) is 0 Å². The Hall–Kier alpha value is -0.820. The molecule has 0 heterocycles. The topological polar surface area (TPSA) is 12.0 Å². The second kappa shape index (κ2) is 5.01. The Bertz CT molecular complexity index is 307. The second-order valence-corrected chi connectivity index (χ2v) is 4.92. The Balaban J connectivity index is 2.17. The number of nitrogens with one attached hydrogen (secondary N) is 1. The molecule has 0 amide bonds. The van der Waals surface area contributed by atoms with Crippen molar-refractivity contribution in [1.82, 2.24) is 5.32 Å². The lowest BCUT2D eigenvalue weighted by atomic mass is 9.85. The van der Waals surface area contributed by atoms with Crippen LogP contribution >= 0.6 is 0 Å². The van der Waals surface area contributed by atoms with Gasteiger partial charge in [0.05, 0.1) is 0 Å². The number of likely N-dealkylation sites (N-methyl/N-ethyl adjacent to an activating group) is 1. The number of rotatable bonds is 6. The van der Waals surface area contributed by atoms with E-state index < -0.39 is 0 Å². The predicted octanol–water partition coefficient (Wildman–Crippen LogP) is 3.50. The molecule has 1 aromatic carbocycles. The van der Waals surface area contributed by atoms with Crippen molar-refractivity contribution in [3.05, 3.63) is 35.9 Å². The zero-order valence-corrected chi connectivity index (χ0v) is 10.5. The standard InChI is InChI=1S/C15H23N/c1-3-8-14(16-4-2)15(11-12-15)13-9-6-5-7-10-13/h5-7,9-10,14,16H,3-4,8,11-12H2,1-2H3. The Kier molecular flexibility index (Phi) is 3.65. The van der Waals surface area contributed by atoms with Gasteiger partial charge in [-0.2, -0.15) is 0 Å². The Morgan fingerprint density at radius 3 is 2.38 bits per heavy atom. The fourth-order valence-corrected chi connectivity index (χ4v) is 2.85. The maximum absolute atomic E-state index is 3.68. The number of hydrogen-bond acceptors (Lipinski definition) is 1. The smallest absolute Gasteiger partial charge is 0.0164 e. The Labute approximate surface area is 99.3 Å². The minimum absolute atomic E-state index is 0.452. The van der Waals surface area contributed by atoms with Crippen LogP contribution < -0.4 is 5.32 Å². The first kappa shape index (κ1) is 11.7. The van der Waals surface area contributed by atoms with E-state index in [1.165, 1.54) is 31.2 Å². The van der Waals surface area contributed by atoms with Gasteiger partial charge >= 0.3 is 0 Å². The monoisotopic (exact) mass is 217 g/mol. The molecule has 1 aromatic rings. The van der Waals surface area contributed by atoms with Crippen LogP contribution in [0.2, 0.25) is 0 Å². The summed E-state index contributed by atoms with van der Waals surface area (Å²) in [6.45, 7) is 5.58. The van der Waals surface area contributed by atoms with Gasteiger partial charge in [-0.05, 0) is 31.4 Å². The zero-order valence-electron chi connectivity index (χ0n) is 10.5. The van der Waals surface area contributed by atoms with Gasteiger partial charge in [0.1, 0.15) is 0 Å². The first-order chi connectivity index (χ1) is 7.83. The van der Waals surface area contributed by atoms with Crippen molar-refractivity contribution in [1.29, 1.82) is 0 Å². The maximum Gasteiger partial charge on any atom is 0.0164 e. The van der Waals surface area contributed by atoms with E-state index in [1.54, 1.807) is 0 Å². The van der Waals surface area contributed by atoms with Crippen LogP contribution in [0.4, 0.5) is 0 Å². The van der Waals surface area contributed by atoms with Crippen LogP contribution in [0.5, 0.6) is 0 Å². The molecular formula is C15H23N. The lowest BCUT2D eigenvalue weighted by Crippen LogP contribution is -2.39. The lowest BCUT2D eigenvalue weighted by Gasteiger charge is -2.28. The van der Waals surface area contributed by atoms with Crippen molar-refractivity contribution < 1.29 is 0 Å². The highest BCUT2D eigenvalue weighted by Crippen LogP contribution is 2.51. The van der Waals surface area contributed by atoms with Crippen molar-refractivity contribution in [2.45, 2.75) is 51.0 Å². The van der Waals surface area contributed by atoms with Gasteiger partial charge in [-0.15, -0.1) is 0 Å². The summed E-state index contributed by atoms with van der Waals surface area (Å²) in [5.74, 6) is 0. The summed E-state index contributed by atoms with van der Waals surface area (Å²) >= 11 is 0. The highest BCUT2D eigenvalue weighted by molar-refractivity contribution is 5.33. The molecule has 1 atom stereocenters. The van der Waals surface area contributed by atoms with E-state index in [0.717, 1.165) is 6.54 Å². The third kappa shape index (κ3) is 2.15. The van der Waals surface area contributed by atoms with Gasteiger partial charge in [-0.3, -0.25) is 0 Å². The van der Waals surface area contributed by atoms with E-state index in [2.05, 4.69) is 49.5 Å². The molecular weight excluding hydrogens is 194 g/mol. The molecule has 2 rings (SSSR count). The van der Waals surface area contributed by atoms with Gasteiger partial charge in [0.25, 0.3) is 0 Å². The van der Waals surface area contributed by atoms with Crippen molar-refractivity contribution in [2.24, 2.45) is 0 Å². The molecule has 1 unspecified atom stereocenters. The van der Waals surface area contributed by atoms with Crippen LogP contribution in [0.15, 0.2) is 30.3 Å². The van der Waals surface area contributed by atoms with Crippen LogP contribution in [-0.4, -0.2) is 12.6 Å². The molecule has 1 heteroatoms. The quantitative estimate of drug-likeness (QED) is 0.769. The number of hydrogen-bond donors (Lipinski definition) is 1. The molecule has 1 saturated carbocycles. The van der Waals surface area contributed by atoms with Gasteiger partial charge in [-0.1, -0.05) is 50.6 Å². The van der Waals surface area contributed by atoms with Gasteiger partial charge in [-0.25, -0.2) is 0 Å². The predicted molar refractivity (Wildman–Crippen MR) is 69.7 cm³/mol. The maximum atomic E-state index is 3.68. The van der Waals surface area contributed by atoms with E-state index >= 15 is 0 Å². The molecule has 88 valence electrons. The summed E-state index contributed by atoms with van der Waals surface area (Å²) in [6, 6.07) is 11.7. The second-order valence-electron chi connectivity index (χ2n) is 4.92. The molecule has 0 radical (unpaired) electrons. The van der Waals surface area contributed by atoms with Crippen LogP contribution in [-0.2, 0) is 5.41 Å². The van der Waals surface area contributed by atoms with Crippen LogP contribution in [0.3, 0.4) is 0 Å². The normalized spacial score (nSPS) is 19.4. The molecule has 0 spiro atoms. The molecule has 1 nitrogen and oxygen atoms in total. The average molecular weight is 217 g/mol. The van der Waals surface area contributed by atoms with Crippen LogP contribution in [0, 0.1) is 0 Å². The Morgan fingerprint density at radius 2 is 1.88 bits per heavy atom. The van der Waals surface area contributed by atoms with Gasteiger partial charge in [0.2, 0.25) is 0 Å². The van der Waals surface area contributed by atoms with Crippen molar-refractivity contribution in [2.75, 3.05) is 6.54 Å². The molecule has 16 heavy (non-hydrogen) atoms. The first-order valence-corrected chi connectivity index (χ1v) is 6.62. The van der Waals surface area contributed by atoms with Gasteiger partial charge in [0, 0.05) is 11.5 Å². The van der Waals surface area contributed by atoms with E-state index in [1.807, 2.05) is 0 Å². The largest absolute Gasteiger partial charge is 0.313 e. The molecule has 0 bridgehead atoms. The lowest BCUT2D eigenvalue weighted by molar-refractivity contribution is 0.396. The molecule has 1 aliphatic rings. The molecule has 0 aliphatic heterocycles. The SMILES string of the molecule is CCCC(NCC)C1(c2ccccc2)CC1. The fraction of sp³-hybridized carbons (Fsp3) is 0.600. The van der Waals surface area contributed by atoms with E-state index in [4.69, 9.17) is 0 Å². The Morgan fingerprint density at radius 1 is 1.19 bits per heavy atom. The summed E-state index contributed by atoms with van der Waals surface area (Å²) in [5, 5.41) is 3.68. The molecule has 1 aliphatic carbocycles. The molecule has 0 saturated heterocycles. The van der Waals surface area contributed by atoms with Crippen molar-refractivity contribution in [3.8, 4) is 0 Å². The highest BCUT2D eigenvalue weighted by atomic mass is 14.9. The third-order valence-corrected chi connectivity index (χ3v) is 3.83.